The number of halogens is 2. The highest BCUT2D eigenvalue weighted by Crippen LogP contribution is 2.31. The zero-order valence-electron chi connectivity index (χ0n) is 16.6. The number of hydrazone groups is 1. The number of benzene rings is 3. The first-order valence-electron chi connectivity index (χ1n) is 9.52. The van der Waals surface area contributed by atoms with Crippen LogP contribution in [0.1, 0.15) is 12.0 Å². The van der Waals surface area contributed by atoms with Crippen LogP contribution in [0.4, 0.5) is 0 Å². The van der Waals surface area contributed by atoms with Gasteiger partial charge in [0.25, 0.3) is 0 Å². The number of phenolic OH excluding ortho intramolecular Hbond substituents is 1. The highest BCUT2D eigenvalue weighted by molar-refractivity contribution is 14.1. The molecule has 8 heteroatoms. The van der Waals surface area contributed by atoms with Crippen molar-refractivity contribution in [2.45, 2.75) is 13.0 Å². The number of aryl methyl sites for hydroxylation is 1. The molecule has 0 aliphatic carbocycles. The van der Waals surface area contributed by atoms with Crippen molar-refractivity contribution >= 4 is 79.1 Å². The molecular weight excluding hydrogens is 620 g/mol. The third kappa shape index (κ3) is 4.79. The molecule has 0 saturated carbocycles. The van der Waals surface area contributed by atoms with Gasteiger partial charge in [0.15, 0.2) is 11.5 Å². The van der Waals surface area contributed by atoms with E-state index in [1.54, 1.807) is 12.1 Å². The van der Waals surface area contributed by atoms with E-state index in [0.717, 1.165) is 11.0 Å². The molecule has 0 aliphatic rings. The average molecular weight is 639 g/mol. The molecule has 1 amide bonds. The van der Waals surface area contributed by atoms with Gasteiger partial charge in [-0.05, 0) is 105 Å². The van der Waals surface area contributed by atoms with E-state index in [1.807, 2.05) is 0 Å². The van der Waals surface area contributed by atoms with Gasteiger partial charge in [-0.15, -0.1) is 0 Å². The maximum Gasteiger partial charge on any atom is 0.241 e. The van der Waals surface area contributed by atoms with E-state index in [0.29, 0.717) is 24.3 Å². The Labute approximate surface area is 206 Å². The first-order valence-corrected chi connectivity index (χ1v) is 11.7. The fraction of sp³-hybridized carbons (Fsp3) is 0.130. The van der Waals surface area contributed by atoms with Crippen molar-refractivity contribution in [2.24, 2.45) is 5.10 Å². The summed E-state index contributed by atoms with van der Waals surface area (Å²) >= 11 is 4.65. The highest BCUT2D eigenvalue weighted by Gasteiger charge is 2.12. The van der Waals surface area contributed by atoms with Crippen LogP contribution in [0.2, 0.25) is 0 Å². The topological polar surface area (TPSA) is 75.8 Å². The minimum Gasteiger partial charge on any atom is -0.504 e. The third-order valence-corrected chi connectivity index (χ3v) is 6.30. The zero-order valence-corrected chi connectivity index (χ0v) is 20.9. The maximum absolute atomic E-state index is 12.4. The molecule has 0 bridgehead atoms. The molecule has 31 heavy (non-hydrogen) atoms. The fourth-order valence-electron chi connectivity index (χ4n) is 3.51. The normalized spacial score (nSPS) is 11.5. The number of nitrogens with zero attached hydrogens (tertiary/aromatic N) is 2. The van der Waals surface area contributed by atoms with Crippen molar-refractivity contribution in [1.29, 1.82) is 0 Å². The van der Waals surface area contributed by atoms with Crippen molar-refractivity contribution in [2.75, 3.05) is 7.11 Å². The van der Waals surface area contributed by atoms with E-state index in [1.165, 1.54) is 37.3 Å². The number of fused-ring (bicyclic) bond motifs is 3. The van der Waals surface area contributed by atoms with Gasteiger partial charge < -0.3 is 14.4 Å². The molecule has 1 aromatic heterocycles. The summed E-state index contributed by atoms with van der Waals surface area (Å²) in [5, 5.41) is 16.1. The Bertz CT molecular complexity index is 1260. The molecule has 0 unspecified atom stereocenters. The van der Waals surface area contributed by atoms with E-state index in [-0.39, 0.29) is 11.7 Å². The van der Waals surface area contributed by atoms with Crippen LogP contribution in [0, 0.1) is 7.14 Å². The van der Waals surface area contributed by atoms with Gasteiger partial charge in [0.1, 0.15) is 0 Å². The molecule has 158 valence electrons. The van der Waals surface area contributed by atoms with Crippen LogP contribution in [0.15, 0.2) is 59.7 Å². The molecule has 0 atom stereocenters. The van der Waals surface area contributed by atoms with Gasteiger partial charge in [0, 0.05) is 41.9 Å². The molecule has 0 spiro atoms. The second kappa shape index (κ2) is 9.43. The van der Waals surface area contributed by atoms with Crippen LogP contribution in [0.5, 0.6) is 11.5 Å². The van der Waals surface area contributed by atoms with Crippen LogP contribution in [0.3, 0.4) is 0 Å². The summed E-state index contributed by atoms with van der Waals surface area (Å²) in [5.41, 5.74) is 5.51. The van der Waals surface area contributed by atoms with E-state index in [9.17, 15) is 9.90 Å². The van der Waals surface area contributed by atoms with Gasteiger partial charge in [-0.1, -0.05) is 0 Å². The molecule has 3 aromatic carbocycles. The van der Waals surface area contributed by atoms with Crippen LogP contribution in [0.25, 0.3) is 21.8 Å². The number of ether oxygens (including phenoxy) is 1. The van der Waals surface area contributed by atoms with Gasteiger partial charge in [-0.3, -0.25) is 4.79 Å². The molecular formula is C23H19I2N3O3. The first kappa shape index (κ1) is 21.9. The second-order valence-corrected chi connectivity index (χ2v) is 9.44. The summed E-state index contributed by atoms with van der Waals surface area (Å²) in [6.07, 6.45) is 1.82. The van der Waals surface area contributed by atoms with E-state index in [2.05, 4.69) is 96.7 Å². The minimum atomic E-state index is -0.173. The smallest absolute Gasteiger partial charge is 0.241 e. The van der Waals surface area contributed by atoms with Crippen molar-refractivity contribution < 1.29 is 14.6 Å². The van der Waals surface area contributed by atoms with E-state index in [4.69, 9.17) is 4.74 Å². The number of carbonyl (C=O) groups excluding carboxylic acids is 1. The number of carbonyl (C=O) groups is 1. The summed E-state index contributed by atoms with van der Waals surface area (Å²) in [4.78, 5) is 12.4. The second-order valence-electron chi connectivity index (χ2n) is 6.95. The Hall–Kier alpha value is -2.34. The van der Waals surface area contributed by atoms with Gasteiger partial charge in [0.2, 0.25) is 5.91 Å². The van der Waals surface area contributed by atoms with Crippen LogP contribution in [-0.4, -0.2) is 28.9 Å². The fourth-order valence-corrected chi connectivity index (χ4v) is 4.49. The largest absolute Gasteiger partial charge is 0.504 e. The van der Waals surface area contributed by atoms with Crippen molar-refractivity contribution in [3.63, 3.8) is 0 Å². The predicted molar refractivity (Wildman–Crippen MR) is 140 cm³/mol. The number of rotatable bonds is 6. The Balaban J connectivity index is 1.49. The van der Waals surface area contributed by atoms with Crippen LogP contribution >= 0.6 is 45.2 Å². The Morgan fingerprint density at radius 2 is 1.71 bits per heavy atom. The number of methoxy groups -OCH3 is 1. The summed E-state index contributed by atoms with van der Waals surface area (Å²) in [7, 11) is 1.48. The van der Waals surface area contributed by atoms with Gasteiger partial charge in [-0.25, -0.2) is 5.43 Å². The number of amides is 1. The average Bonchev–Trinajstić information content (AvgIpc) is 3.05. The minimum absolute atomic E-state index is 0.0548. The summed E-state index contributed by atoms with van der Waals surface area (Å²) in [5.74, 6) is 0.234. The standard InChI is InChI=1S/C23H19I2N3O3/c1-31-22-10-14(2-7-21(22)29)13-26-27-23(30)8-9-28-19-5-3-15(24)11-17(19)18-12-16(25)4-6-20(18)28/h2-7,10-13,29H,8-9H2,1H3,(H,27,30)/b26-13+. The number of hydrogen-bond acceptors (Lipinski definition) is 4. The summed E-state index contributed by atoms with van der Waals surface area (Å²) in [6.45, 7) is 0.551. The Kier molecular flexibility index (Phi) is 6.65. The lowest BCUT2D eigenvalue weighted by Crippen LogP contribution is -2.19. The molecule has 2 N–H and O–H groups in total. The molecule has 0 fully saturated rings. The maximum atomic E-state index is 12.4. The number of nitrogens with one attached hydrogen (secondary N) is 1. The summed E-state index contributed by atoms with van der Waals surface area (Å²) in [6, 6.07) is 17.6. The molecule has 4 aromatic rings. The molecule has 4 rings (SSSR count). The van der Waals surface area contributed by atoms with Crippen molar-refractivity contribution in [3.8, 4) is 11.5 Å². The van der Waals surface area contributed by atoms with Gasteiger partial charge in [0.05, 0.1) is 13.3 Å². The van der Waals surface area contributed by atoms with Gasteiger partial charge in [-0.2, -0.15) is 5.10 Å². The Morgan fingerprint density at radius 1 is 1.06 bits per heavy atom. The van der Waals surface area contributed by atoms with Crippen molar-refractivity contribution in [1.82, 2.24) is 9.99 Å². The molecule has 6 nitrogen and oxygen atoms in total. The van der Waals surface area contributed by atoms with Crippen molar-refractivity contribution in [3.05, 3.63) is 67.3 Å². The van der Waals surface area contributed by atoms with Gasteiger partial charge >= 0.3 is 0 Å². The monoisotopic (exact) mass is 639 g/mol. The summed E-state index contributed by atoms with van der Waals surface area (Å²) < 4.78 is 9.62. The number of aromatic nitrogens is 1. The molecule has 1 heterocycles. The lowest BCUT2D eigenvalue weighted by atomic mass is 10.2. The first-order chi connectivity index (χ1) is 15.0. The lowest BCUT2D eigenvalue weighted by molar-refractivity contribution is -0.121. The Morgan fingerprint density at radius 3 is 2.32 bits per heavy atom. The van der Waals surface area contributed by atoms with E-state index < -0.39 is 0 Å². The number of aromatic hydroxyl groups is 1. The number of hydrogen-bond donors (Lipinski definition) is 2. The molecule has 0 radical (unpaired) electrons. The predicted octanol–water partition coefficient (Wildman–Crippen LogP) is 5.26. The lowest BCUT2D eigenvalue weighted by Gasteiger charge is -2.07. The third-order valence-electron chi connectivity index (χ3n) is 4.96. The molecule has 0 saturated heterocycles. The number of phenols is 1. The quantitative estimate of drug-likeness (QED) is 0.172. The van der Waals surface area contributed by atoms with E-state index >= 15 is 0 Å². The zero-order chi connectivity index (χ0) is 22.0. The SMILES string of the molecule is COc1cc(/C=N/NC(=O)CCn2c3ccc(I)cc3c3cc(I)ccc32)ccc1O. The van der Waals surface area contributed by atoms with Crippen LogP contribution < -0.4 is 10.2 Å². The van der Waals surface area contributed by atoms with Crippen LogP contribution in [-0.2, 0) is 11.3 Å². The highest BCUT2D eigenvalue weighted by atomic mass is 127. The molecule has 0 aliphatic heterocycles.